The molecule has 0 aliphatic carbocycles. The molecule has 1 heterocycles. The van der Waals surface area contributed by atoms with Crippen LogP contribution in [0, 0.1) is 11.8 Å². The fraction of sp³-hybridized carbons (Fsp3) is 0.600. The standard InChI is InChI=1S/C15H24N2/c1-11-9-17(13(3)15(16)12(11)2)10-14-7-5-4-6-8-14/h4-8,11-13,15H,9-10,16H2,1-3H3/t11-,12+,13+,15+/m0/s1. The summed E-state index contributed by atoms with van der Waals surface area (Å²) >= 11 is 0. The fourth-order valence-electron chi connectivity index (χ4n) is 2.79. The maximum Gasteiger partial charge on any atom is 0.0237 e. The van der Waals surface area contributed by atoms with Crippen molar-refractivity contribution in [1.29, 1.82) is 0 Å². The molecule has 1 saturated heterocycles. The summed E-state index contributed by atoms with van der Waals surface area (Å²) in [4.78, 5) is 2.52. The molecule has 1 aliphatic heterocycles. The van der Waals surface area contributed by atoms with Gasteiger partial charge in [-0.25, -0.2) is 0 Å². The van der Waals surface area contributed by atoms with E-state index >= 15 is 0 Å². The molecule has 0 bridgehead atoms. The SMILES string of the molecule is C[C@H]1[C@@H](N)[C@@H](C)N(Cc2ccccc2)C[C@@H]1C. The third-order valence-electron chi connectivity index (χ3n) is 4.39. The Hall–Kier alpha value is -0.860. The van der Waals surface area contributed by atoms with E-state index in [0.29, 0.717) is 23.9 Å². The molecule has 2 N–H and O–H groups in total. The second-order valence-electron chi connectivity index (χ2n) is 5.57. The zero-order chi connectivity index (χ0) is 12.4. The molecule has 0 unspecified atom stereocenters. The average molecular weight is 232 g/mol. The molecule has 0 amide bonds. The maximum absolute atomic E-state index is 6.31. The van der Waals surface area contributed by atoms with Crippen molar-refractivity contribution in [3.05, 3.63) is 35.9 Å². The van der Waals surface area contributed by atoms with E-state index in [1.54, 1.807) is 0 Å². The number of benzene rings is 1. The van der Waals surface area contributed by atoms with E-state index in [9.17, 15) is 0 Å². The van der Waals surface area contributed by atoms with Crippen LogP contribution in [0.4, 0.5) is 0 Å². The van der Waals surface area contributed by atoms with Crippen molar-refractivity contribution in [3.63, 3.8) is 0 Å². The molecule has 1 aliphatic rings. The van der Waals surface area contributed by atoms with Crippen LogP contribution < -0.4 is 5.73 Å². The topological polar surface area (TPSA) is 29.3 Å². The zero-order valence-corrected chi connectivity index (χ0v) is 11.1. The van der Waals surface area contributed by atoms with Crippen LogP contribution in [0.5, 0.6) is 0 Å². The third kappa shape index (κ3) is 2.70. The van der Waals surface area contributed by atoms with Gasteiger partial charge in [-0.1, -0.05) is 44.2 Å². The minimum absolute atomic E-state index is 0.294. The van der Waals surface area contributed by atoms with E-state index in [1.165, 1.54) is 5.56 Å². The number of nitrogens with two attached hydrogens (primary N) is 1. The molecular weight excluding hydrogens is 208 g/mol. The monoisotopic (exact) mass is 232 g/mol. The lowest BCUT2D eigenvalue weighted by Crippen LogP contribution is -2.56. The van der Waals surface area contributed by atoms with E-state index < -0.39 is 0 Å². The maximum atomic E-state index is 6.31. The first kappa shape index (κ1) is 12.6. The molecule has 1 aromatic rings. The molecule has 2 rings (SSSR count). The Kier molecular flexibility index (Phi) is 3.85. The molecule has 94 valence electrons. The van der Waals surface area contributed by atoms with Gasteiger partial charge in [-0.3, -0.25) is 4.90 Å². The van der Waals surface area contributed by atoms with Crippen molar-refractivity contribution in [1.82, 2.24) is 4.90 Å². The van der Waals surface area contributed by atoms with Crippen LogP contribution in [0.3, 0.4) is 0 Å². The van der Waals surface area contributed by atoms with Gasteiger partial charge in [0.05, 0.1) is 0 Å². The summed E-state index contributed by atoms with van der Waals surface area (Å²) in [6, 6.07) is 11.4. The van der Waals surface area contributed by atoms with E-state index in [-0.39, 0.29) is 0 Å². The van der Waals surface area contributed by atoms with Crippen molar-refractivity contribution >= 4 is 0 Å². The Bertz CT molecular complexity index is 349. The number of piperidine rings is 1. The second kappa shape index (κ2) is 5.19. The van der Waals surface area contributed by atoms with Crippen molar-refractivity contribution in [2.75, 3.05) is 6.54 Å². The highest BCUT2D eigenvalue weighted by atomic mass is 15.2. The van der Waals surface area contributed by atoms with E-state index in [4.69, 9.17) is 5.73 Å². The number of nitrogens with zero attached hydrogens (tertiary/aromatic N) is 1. The molecule has 2 heteroatoms. The molecule has 0 radical (unpaired) electrons. The summed E-state index contributed by atoms with van der Waals surface area (Å²) in [5.41, 5.74) is 7.70. The summed E-state index contributed by atoms with van der Waals surface area (Å²) in [6.45, 7) is 9.04. The first-order valence-corrected chi connectivity index (χ1v) is 6.63. The molecule has 4 atom stereocenters. The predicted molar refractivity (Wildman–Crippen MR) is 72.6 cm³/mol. The lowest BCUT2D eigenvalue weighted by atomic mass is 9.81. The third-order valence-corrected chi connectivity index (χ3v) is 4.39. The van der Waals surface area contributed by atoms with Crippen LogP contribution in [0.25, 0.3) is 0 Å². The van der Waals surface area contributed by atoms with Gasteiger partial charge in [-0.05, 0) is 24.3 Å². The van der Waals surface area contributed by atoms with Gasteiger partial charge in [-0.15, -0.1) is 0 Å². The summed E-state index contributed by atoms with van der Waals surface area (Å²) in [6.07, 6.45) is 0. The van der Waals surface area contributed by atoms with Crippen molar-refractivity contribution in [2.24, 2.45) is 17.6 Å². The van der Waals surface area contributed by atoms with Crippen LogP contribution in [0.1, 0.15) is 26.3 Å². The number of likely N-dealkylation sites (tertiary alicyclic amines) is 1. The summed E-state index contributed by atoms with van der Waals surface area (Å²) < 4.78 is 0. The van der Waals surface area contributed by atoms with Gasteiger partial charge in [0.25, 0.3) is 0 Å². The highest BCUT2D eigenvalue weighted by Crippen LogP contribution is 2.27. The highest BCUT2D eigenvalue weighted by molar-refractivity contribution is 5.15. The minimum Gasteiger partial charge on any atom is -0.326 e. The van der Waals surface area contributed by atoms with Gasteiger partial charge in [-0.2, -0.15) is 0 Å². The van der Waals surface area contributed by atoms with Gasteiger partial charge >= 0.3 is 0 Å². The highest BCUT2D eigenvalue weighted by Gasteiger charge is 2.34. The molecule has 1 aromatic carbocycles. The quantitative estimate of drug-likeness (QED) is 0.849. The number of hydrogen-bond donors (Lipinski definition) is 1. The summed E-state index contributed by atoms with van der Waals surface area (Å²) in [5.74, 6) is 1.31. The van der Waals surface area contributed by atoms with Crippen molar-refractivity contribution < 1.29 is 0 Å². The predicted octanol–water partition coefficient (Wildman–Crippen LogP) is 2.49. The van der Waals surface area contributed by atoms with Crippen LogP contribution >= 0.6 is 0 Å². The normalized spacial score (nSPS) is 34.8. The van der Waals surface area contributed by atoms with E-state index in [2.05, 4.69) is 56.0 Å². The molecule has 0 saturated carbocycles. The lowest BCUT2D eigenvalue weighted by molar-refractivity contribution is 0.0586. The van der Waals surface area contributed by atoms with Gasteiger partial charge < -0.3 is 5.73 Å². The average Bonchev–Trinajstić information content (AvgIpc) is 2.35. The van der Waals surface area contributed by atoms with Gasteiger partial charge in [0.1, 0.15) is 0 Å². The van der Waals surface area contributed by atoms with Gasteiger partial charge in [0, 0.05) is 25.2 Å². The summed E-state index contributed by atoms with van der Waals surface area (Å²) in [7, 11) is 0. The lowest BCUT2D eigenvalue weighted by Gasteiger charge is -2.45. The number of rotatable bonds is 2. The Labute approximate surface area is 105 Å². The molecular formula is C15H24N2. The minimum atomic E-state index is 0.294. The van der Waals surface area contributed by atoms with Crippen molar-refractivity contribution in [3.8, 4) is 0 Å². The summed E-state index contributed by atoms with van der Waals surface area (Å²) in [5, 5.41) is 0. The largest absolute Gasteiger partial charge is 0.326 e. The van der Waals surface area contributed by atoms with E-state index in [1.807, 2.05) is 0 Å². The second-order valence-corrected chi connectivity index (χ2v) is 5.57. The molecule has 17 heavy (non-hydrogen) atoms. The first-order valence-electron chi connectivity index (χ1n) is 6.63. The molecule has 2 nitrogen and oxygen atoms in total. The Balaban J connectivity index is 2.06. The van der Waals surface area contributed by atoms with Crippen LogP contribution in [0.15, 0.2) is 30.3 Å². The van der Waals surface area contributed by atoms with Crippen molar-refractivity contribution in [2.45, 2.75) is 39.4 Å². The van der Waals surface area contributed by atoms with Crippen LogP contribution in [-0.4, -0.2) is 23.5 Å². The van der Waals surface area contributed by atoms with Gasteiger partial charge in [0.15, 0.2) is 0 Å². The molecule has 0 aromatic heterocycles. The van der Waals surface area contributed by atoms with Crippen LogP contribution in [-0.2, 0) is 6.54 Å². The van der Waals surface area contributed by atoms with Crippen LogP contribution in [0.2, 0.25) is 0 Å². The fourth-order valence-corrected chi connectivity index (χ4v) is 2.79. The Morgan fingerprint density at radius 3 is 2.47 bits per heavy atom. The molecule has 1 fully saturated rings. The van der Waals surface area contributed by atoms with Gasteiger partial charge in [0.2, 0.25) is 0 Å². The van der Waals surface area contributed by atoms with E-state index in [0.717, 1.165) is 13.1 Å². The zero-order valence-electron chi connectivity index (χ0n) is 11.1. The Morgan fingerprint density at radius 1 is 1.18 bits per heavy atom. The number of hydrogen-bond acceptors (Lipinski definition) is 2. The molecule has 0 spiro atoms. The smallest absolute Gasteiger partial charge is 0.0237 e. The first-order chi connectivity index (χ1) is 8.09. The Morgan fingerprint density at radius 2 is 1.82 bits per heavy atom.